The fourth-order valence-electron chi connectivity index (χ4n) is 4.61. The first kappa shape index (κ1) is 21.7. The molecule has 1 heterocycles. The van der Waals surface area contributed by atoms with Gasteiger partial charge in [-0.25, -0.2) is 9.69 Å². The van der Waals surface area contributed by atoms with Crippen LogP contribution in [0.15, 0.2) is 48.5 Å². The number of amides is 2. The quantitative estimate of drug-likeness (QED) is 0.538. The number of fused-ring (bicyclic) bond motifs is 2. The lowest BCUT2D eigenvalue weighted by Gasteiger charge is -2.24. The van der Waals surface area contributed by atoms with Crippen LogP contribution in [0.4, 0.5) is 10.5 Å². The third-order valence-electron chi connectivity index (χ3n) is 6.00. The summed E-state index contributed by atoms with van der Waals surface area (Å²) < 4.78 is 10.4. The van der Waals surface area contributed by atoms with Crippen LogP contribution in [-0.4, -0.2) is 36.5 Å². The lowest BCUT2D eigenvalue weighted by molar-refractivity contribution is -0.143. The predicted molar refractivity (Wildman–Crippen MR) is 116 cm³/mol. The van der Waals surface area contributed by atoms with Crippen molar-refractivity contribution in [3.8, 4) is 0 Å². The monoisotopic (exact) mass is 435 g/mol. The molecule has 3 atom stereocenters. The van der Waals surface area contributed by atoms with Crippen LogP contribution < -0.4 is 4.90 Å². The van der Waals surface area contributed by atoms with Gasteiger partial charge in [-0.1, -0.05) is 48.0 Å². The predicted octanol–water partition coefficient (Wildman–Crippen LogP) is 3.82. The molecule has 4 rings (SSSR count). The number of anilines is 1. The van der Waals surface area contributed by atoms with Gasteiger partial charge >= 0.3 is 12.1 Å². The Morgan fingerprint density at radius 2 is 1.59 bits per heavy atom. The molecule has 1 fully saturated rings. The van der Waals surface area contributed by atoms with Crippen molar-refractivity contribution >= 4 is 29.4 Å². The topological polar surface area (TPSA) is 90.0 Å². The summed E-state index contributed by atoms with van der Waals surface area (Å²) in [5.41, 5.74) is -0.175. The molecule has 1 spiro atoms. The summed E-state index contributed by atoms with van der Waals surface area (Å²) in [5, 5.41) is 0. The van der Waals surface area contributed by atoms with E-state index in [0.29, 0.717) is 16.8 Å². The number of imide groups is 1. The number of benzene rings is 2. The second-order valence-corrected chi connectivity index (χ2v) is 9.22. The first-order chi connectivity index (χ1) is 15.0. The Bertz CT molecular complexity index is 1130. The molecule has 2 aromatic rings. The normalized spacial score (nSPS) is 23.7. The minimum absolute atomic E-state index is 0.319. The maximum atomic E-state index is 13.8. The van der Waals surface area contributed by atoms with Crippen LogP contribution >= 0.6 is 0 Å². The van der Waals surface area contributed by atoms with Gasteiger partial charge in [-0.05, 0) is 39.3 Å². The van der Waals surface area contributed by atoms with Gasteiger partial charge in [-0.15, -0.1) is 0 Å². The lowest BCUT2D eigenvalue weighted by Crippen LogP contribution is -2.42. The van der Waals surface area contributed by atoms with Gasteiger partial charge in [0.2, 0.25) is 5.91 Å². The maximum absolute atomic E-state index is 13.8. The molecule has 0 saturated heterocycles. The SMILES string of the molecule is COC(=O)[C@H]1[C@H](C(=O)c2ccc(C)cc2)[C@@]12C(=O)N(C(=O)OC(C)(C)C)c1ccccc12. The number of ketones is 1. The van der Waals surface area contributed by atoms with E-state index in [1.807, 2.05) is 6.92 Å². The number of hydrogen-bond acceptors (Lipinski definition) is 6. The summed E-state index contributed by atoms with van der Waals surface area (Å²) >= 11 is 0. The van der Waals surface area contributed by atoms with Crippen LogP contribution in [0.2, 0.25) is 0 Å². The fraction of sp³-hybridized carbons (Fsp3) is 0.360. The lowest BCUT2D eigenvalue weighted by atomic mass is 9.91. The molecule has 1 aliphatic heterocycles. The summed E-state index contributed by atoms with van der Waals surface area (Å²) in [5.74, 6) is -3.64. The average molecular weight is 435 g/mol. The molecule has 1 aliphatic carbocycles. The van der Waals surface area contributed by atoms with E-state index in [2.05, 4.69) is 0 Å². The van der Waals surface area contributed by atoms with E-state index in [1.54, 1.807) is 69.3 Å². The Balaban J connectivity index is 1.83. The van der Waals surface area contributed by atoms with Gasteiger partial charge < -0.3 is 9.47 Å². The molecule has 166 valence electrons. The van der Waals surface area contributed by atoms with Crippen molar-refractivity contribution in [3.05, 3.63) is 65.2 Å². The second-order valence-electron chi connectivity index (χ2n) is 9.22. The van der Waals surface area contributed by atoms with Gasteiger partial charge in [0, 0.05) is 5.56 Å². The third-order valence-corrected chi connectivity index (χ3v) is 6.00. The van der Waals surface area contributed by atoms with Crippen LogP contribution in [0.25, 0.3) is 0 Å². The Morgan fingerprint density at radius 3 is 2.19 bits per heavy atom. The van der Waals surface area contributed by atoms with Gasteiger partial charge in [-0.2, -0.15) is 0 Å². The summed E-state index contributed by atoms with van der Waals surface area (Å²) in [6, 6.07) is 13.6. The van der Waals surface area contributed by atoms with Gasteiger partial charge in [0.15, 0.2) is 5.78 Å². The largest absolute Gasteiger partial charge is 0.469 e. The number of carbonyl (C=O) groups excluding carboxylic acids is 4. The maximum Gasteiger partial charge on any atom is 0.421 e. The molecule has 0 unspecified atom stereocenters. The van der Waals surface area contributed by atoms with Crippen LogP contribution in [0.1, 0.15) is 42.3 Å². The smallest absolute Gasteiger partial charge is 0.421 e. The number of aryl methyl sites for hydroxylation is 1. The van der Waals surface area contributed by atoms with E-state index in [9.17, 15) is 19.2 Å². The standard InChI is InChI=1S/C25H25NO6/c1-14-10-12-15(13-11-14)20(27)18-19(21(28)31-5)25(18)16-8-6-7-9-17(16)26(22(25)29)23(30)32-24(2,3)4/h6-13,18-19H,1-5H3/t18-,19-,25-/m1/s1. The highest BCUT2D eigenvalue weighted by molar-refractivity contribution is 6.27. The summed E-state index contributed by atoms with van der Waals surface area (Å²) in [6.07, 6.45) is -0.844. The third kappa shape index (κ3) is 3.11. The van der Waals surface area contributed by atoms with Crippen molar-refractivity contribution < 1.29 is 28.7 Å². The molecule has 2 aromatic carbocycles. The molecule has 0 N–H and O–H groups in total. The minimum Gasteiger partial charge on any atom is -0.469 e. The van der Waals surface area contributed by atoms with E-state index >= 15 is 0 Å². The van der Waals surface area contributed by atoms with E-state index in [4.69, 9.17) is 9.47 Å². The Labute approximate surface area is 186 Å². The van der Waals surface area contributed by atoms with Crippen molar-refractivity contribution in [2.45, 2.75) is 38.7 Å². The zero-order valence-corrected chi connectivity index (χ0v) is 18.7. The number of hydrogen-bond donors (Lipinski definition) is 0. The Kier molecular flexibility index (Phi) is 4.95. The molecule has 32 heavy (non-hydrogen) atoms. The van der Waals surface area contributed by atoms with Crippen LogP contribution in [0.3, 0.4) is 0 Å². The molecule has 7 heteroatoms. The highest BCUT2D eigenvalue weighted by Gasteiger charge is 2.81. The molecule has 0 aromatic heterocycles. The number of para-hydroxylation sites is 1. The number of ether oxygens (including phenoxy) is 2. The van der Waals surface area contributed by atoms with Crippen LogP contribution in [0, 0.1) is 18.8 Å². The van der Waals surface area contributed by atoms with E-state index in [1.165, 1.54) is 7.11 Å². The highest BCUT2D eigenvalue weighted by Crippen LogP contribution is 2.67. The zero-order valence-electron chi connectivity index (χ0n) is 18.7. The van der Waals surface area contributed by atoms with Crippen molar-refractivity contribution in [2.24, 2.45) is 11.8 Å². The van der Waals surface area contributed by atoms with Crippen molar-refractivity contribution in [1.29, 1.82) is 0 Å². The summed E-state index contributed by atoms with van der Waals surface area (Å²) in [7, 11) is 1.22. The fourth-order valence-corrected chi connectivity index (χ4v) is 4.61. The minimum atomic E-state index is -1.50. The van der Waals surface area contributed by atoms with Crippen LogP contribution in [-0.2, 0) is 24.5 Å². The van der Waals surface area contributed by atoms with Crippen molar-refractivity contribution in [3.63, 3.8) is 0 Å². The molecule has 2 amide bonds. The summed E-state index contributed by atoms with van der Waals surface area (Å²) in [6.45, 7) is 7.00. The number of esters is 1. The summed E-state index contributed by atoms with van der Waals surface area (Å²) in [4.78, 5) is 53.9. The number of Topliss-reactive ketones (excluding diaryl/α,β-unsaturated/α-hetero) is 1. The molecule has 0 bridgehead atoms. The van der Waals surface area contributed by atoms with Crippen molar-refractivity contribution in [1.82, 2.24) is 0 Å². The molecule has 1 saturated carbocycles. The number of methoxy groups -OCH3 is 1. The molecular weight excluding hydrogens is 410 g/mol. The first-order valence-electron chi connectivity index (χ1n) is 10.4. The molecule has 0 radical (unpaired) electrons. The first-order valence-corrected chi connectivity index (χ1v) is 10.4. The molecular formula is C25H25NO6. The van der Waals surface area contributed by atoms with Crippen LogP contribution in [0.5, 0.6) is 0 Å². The van der Waals surface area contributed by atoms with Gasteiger partial charge in [0.25, 0.3) is 0 Å². The Morgan fingerprint density at radius 1 is 0.969 bits per heavy atom. The van der Waals surface area contributed by atoms with Gasteiger partial charge in [0.1, 0.15) is 11.0 Å². The highest BCUT2D eigenvalue weighted by atomic mass is 16.6. The van der Waals surface area contributed by atoms with E-state index < -0.39 is 40.8 Å². The van der Waals surface area contributed by atoms with E-state index in [0.717, 1.165) is 10.5 Å². The number of rotatable bonds is 3. The molecule has 2 aliphatic rings. The van der Waals surface area contributed by atoms with Gasteiger partial charge in [0.05, 0.1) is 24.6 Å². The molecule has 7 nitrogen and oxygen atoms in total. The Hall–Kier alpha value is -3.48. The van der Waals surface area contributed by atoms with Crippen molar-refractivity contribution in [2.75, 3.05) is 12.0 Å². The average Bonchev–Trinajstić information content (AvgIpc) is 3.36. The van der Waals surface area contributed by atoms with E-state index in [-0.39, 0.29) is 5.78 Å². The second kappa shape index (κ2) is 7.29. The number of carbonyl (C=O) groups is 4. The number of nitrogens with zero attached hydrogens (tertiary/aromatic N) is 1. The zero-order chi connectivity index (χ0) is 23.4. The van der Waals surface area contributed by atoms with Gasteiger partial charge in [-0.3, -0.25) is 14.4 Å².